The van der Waals surface area contributed by atoms with Crippen LogP contribution in [0.25, 0.3) is 0 Å². The molecule has 2 aliphatic heterocycles. The van der Waals surface area contributed by atoms with Gasteiger partial charge in [0.2, 0.25) is 6.79 Å². The SMILES string of the molecule is Cl.Cl.c1cc2c(cc1[C@@H](C1CCC1)N1CCNCC1)OCO2. The molecule has 1 aromatic carbocycles. The van der Waals surface area contributed by atoms with Crippen LogP contribution in [0.15, 0.2) is 18.2 Å². The molecule has 0 radical (unpaired) electrons. The number of rotatable bonds is 3. The van der Waals surface area contributed by atoms with Gasteiger partial charge in [-0.15, -0.1) is 24.8 Å². The van der Waals surface area contributed by atoms with Gasteiger partial charge in [-0.2, -0.15) is 0 Å². The summed E-state index contributed by atoms with van der Waals surface area (Å²) in [6, 6.07) is 7.07. The third-order valence-electron chi connectivity index (χ3n) is 4.88. The molecule has 124 valence electrons. The molecule has 1 aliphatic carbocycles. The topological polar surface area (TPSA) is 33.7 Å². The van der Waals surface area contributed by atoms with Gasteiger partial charge in [-0.1, -0.05) is 12.5 Å². The Morgan fingerprint density at radius 1 is 1.05 bits per heavy atom. The molecule has 2 heterocycles. The Kier molecular flexibility index (Phi) is 6.21. The van der Waals surface area contributed by atoms with Crippen LogP contribution in [-0.2, 0) is 0 Å². The monoisotopic (exact) mass is 346 g/mol. The van der Waals surface area contributed by atoms with E-state index in [1.807, 2.05) is 0 Å². The van der Waals surface area contributed by atoms with Gasteiger partial charge in [-0.25, -0.2) is 0 Å². The Morgan fingerprint density at radius 3 is 2.45 bits per heavy atom. The highest BCUT2D eigenvalue weighted by molar-refractivity contribution is 5.85. The van der Waals surface area contributed by atoms with Crippen molar-refractivity contribution in [3.8, 4) is 11.5 Å². The Hall–Kier alpha value is -0.680. The molecule has 1 aromatic rings. The van der Waals surface area contributed by atoms with Gasteiger partial charge < -0.3 is 14.8 Å². The summed E-state index contributed by atoms with van der Waals surface area (Å²) < 4.78 is 11.0. The van der Waals surface area contributed by atoms with Crippen LogP contribution in [0.5, 0.6) is 11.5 Å². The van der Waals surface area contributed by atoms with Crippen LogP contribution in [0, 0.1) is 5.92 Å². The van der Waals surface area contributed by atoms with Crippen LogP contribution in [0.2, 0.25) is 0 Å². The van der Waals surface area contributed by atoms with Gasteiger partial charge in [0.15, 0.2) is 11.5 Å². The van der Waals surface area contributed by atoms with Crippen molar-refractivity contribution in [2.45, 2.75) is 25.3 Å². The molecule has 2 fully saturated rings. The number of benzene rings is 1. The van der Waals surface area contributed by atoms with Crippen LogP contribution in [-0.4, -0.2) is 37.9 Å². The first-order valence-electron chi connectivity index (χ1n) is 7.76. The summed E-state index contributed by atoms with van der Waals surface area (Å²) in [5.41, 5.74) is 1.40. The van der Waals surface area contributed by atoms with Crippen molar-refractivity contribution in [1.82, 2.24) is 10.2 Å². The van der Waals surface area contributed by atoms with Gasteiger partial charge >= 0.3 is 0 Å². The Labute approximate surface area is 144 Å². The second-order valence-corrected chi connectivity index (χ2v) is 6.03. The molecule has 22 heavy (non-hydrogen) atoms. The van der Waals surface area contributed by atoms with E-state index in [-0.39, 0.29) is 24.8 Å². The number of hydrogen-bond donors (Lipinski definition) is 1. The zero-order valence-corrected chi connectivity index (χ0v) is 14.3. The molecule has 4 nitrogen and oxygen atoms in total. The van der Waals surface area contributed by atoms with E-state index in [9.17, 15) is 0 Å². The maximum absolute atomic E-state index is 5.55. The highest BCUT2D eigenvalue weighted by atomic mass is 35.5. The quantitative estimate of drug-likeness (QED) is 0.912. The van der Waals surface area contributed by atoms with Gasteiger partial charge in [0.05, 0.1) is 0 Å². The highest BCUT2D eigenvalue weighted by Crippen LogP contribution is 2.44. The zero-order valence-electron chi connectivity index (χ0n) is 12.6. The van der Waals surface area contributed by atoms with Crippen molar-refractivity contribution in [3.05, 3.63) is 23.8 Å². The first-order valence-corrected chi connectivity index (χ1v) is 7.76. The van der Waals surface area contributed by atoms with E-state index in [0.29, 0.717) is 12.8 Å². The first-order chi connectivity index (χ1) is 9.92. The number of fused-ring (bicyclic) bond motifs is 1. The summed E-state index contributed by atoms with van der Waals surface area (Å²) in [6.45, 7) is 4.87. The minimum Gasteiger partial charge on any atom is -0.454 e. The fourth-order valence-electron chi connectivity index (χ4n) is 3.59. The van der Waals surface area contributed by atoms with Gasteiger partial charge in [0.25, 0.3) is 0 Å². The van der Waals surface area contributed by atoms with Crippen LogP contribution < -0.4 is 14.8 Å². The van der Waals surface area contributed by atoms with E-state index in [2.05, 4.69) is 28.4 Å². The number of piperazine rings is 1. The Bertz CT molecular complexity index is 491. The lowest BCUT2D eigenvalue weighted by Gasteiger charge is -2.43. The molecule has 1 atom stereocenters. The summed E-state index contributed by atoms with van der Waals surface area (Å²) >= 11 is 0. The second-order valence-electron chi connectivity index (χ2n) is 6.03. The number of hydrogen-bond acceptors (Lipinski definition) is 4. The summed E-state index contributed by atoms with van der Waals surface area (Å²) in [5.74, 6) is 2.62. The molecule has 4 rings (SSSR count). The van der Waals surface area contributed by atoms with Crippen LogP contribution >= 0.6 is 24.8 Å². The fraction of sp³-hybridized carbons (Fsp3) is 0.625. The normalized spacial score (nSPS) is 22.2. The van der Waals surface area contributed by atoms with Crippen molar-refractivity contribution in [2.24, 2.45) is 5.92 Å². The van der Waals surface area contributed by atoms with E-state index in [1.165, 1.54) is 24.8 Å². The molecular formula is C16H24Cl2N2O2. The van der Waals surface area contributed by atoms with Crippen molar-refractivity contribution in [1.29, 1.82) is 0 Å². The molecule has 0 bridgehead atoms. The maximum atomic E-state index is 5.55. The molecule has 1 saturated heterocycles. The lowest BCUT2D eigenvalue weighted by Crippen LogP contribution is -2.47. The lowest BCUT2D eigenvalue weighted by atomic mass is 9.76. The summed E-state index contributed by atoms with van der Waals surface area (Å²) in [7, 11) is 0. The largest absolute Gasteiger partial charge is 0.454 e. The minimum atomic E-state index is 0. The minimum absolute atomic E-state index is 0. The van der Waals surface area contributed by atoms with Crippen LogP contribution in [0.3, 0.4) is 0 Å². The second kappa shape index (κ2) is 7.73. The average Bonchev–Trinajstić information content (AvgIpc) is 2.91. The highest BCUT2D eigenvalue weighted by Gasteiger charge is 2.34. The maximum Gasteiger partial charge on any atom is 0.231 e. The fourth-order valence-corrected chi connectivity index (χ4v) is 3.59. The molecule has 1 N–H and O–H groups in total. The smallest absolute Gasteiger partial charge is 0.231 e. The summed E-state index contributed by atoms with van der Waals surface area (Å²) in [6.07, 6.45) is 4.11. The predicted molar refractivity (Wildman–Crippen MR) is 91.6 cm³/mol. The zero-order chi connectivity index (χ0) is 13.4. The molecule has 6 heteroatoms. The van der Waals surface area contributed by atoms with Crippen molar-refractivity contribution in [3.63, 3.8) is 0 Å². The van der Waals surface area contributed by atoms with Crippen LogP contribution in [0.4, 0.5) is 0 Å². The van der Waals surface area contributed by atoms with Gasteiger partial charge in [0, 0.05) is 32.2 Å². The van der Waals surface area contributed by atoms with Crippen molar-refractivity contribution < 1.29 is 9.47 Å². The standard InChI is InChI=1S/C16H22N2O2.2ClH/c1-2-12(3-1)16(18-8-6-17-7-9-18)13-4-5-14-15(10-13)20-11-19-14;;/h4-5,10,12,16-17H,1-3,6-9,11H2;2*1H/t16-;;/m1../s1. The number of nitrogens with zero attached hydrogens (tertiary/aromatic N) is 1. The lowest BCUT2D eigenvalue weighted by molar-refractivity contribution is 0.0835. The van der Waals surface area contributed by atoms with E-state index >= 15 is 0 Å². The van der Waals surface area contributed by atoms with Crippen LogP contribution in [0.1, 0.15) is 30.9 Å². The Morgan fingerprint density at radius 2 is 1.77 bits per heavy atom. The molecular weight excluding hydrogens is 323 g/mol. The molecule has 0 spiro atoms. The predicted octanol–water partition coefficient (Wildman–Crippen LogP) is 3.01. The molecule has 0 amide bonds. The van der Waals surface area contributed by atoms with E-state index < -0.39 is 0 Å². The van der Waals surface area contributed by atoms with Crippen molar-refractivity contribution >= 4 is 24.8 Å². The molecule has 1 saturated carbocycles. The first kappa shape index (κ1) is 17.7. The van der Waals surface area contributed by atoms with Gasteiger partial charge in [-0.3, -0.25) is 4.90 Å². The summed E-state index contributed by atoms with van der Waals surface area (Å²) in [5, 5.41) is 3.45. The van der Waals surface area contributed by atoms with Crippen molar-refractivity contribution in [2.75, 3.05) is 33.0 Å². The average molecular weight is 347 g/mol. The Balaban J connectivity index is 0.000000882. The number of nitrogens with one attached hydrogen (secondary N) is 1. The van der Waals surface area contributed by atoms with Gasteiger partial charge in [0.1, 0.15) is 0 Å². The molecule has 0 aromatic heterocycles. The third-order valence-corrected chi connectivity index (χ3v) is 4.88. The van der Waals surface area contributed by atoms with E-state index in [1.54, 1.807) is 0 Å². The molecule has 3 aliphatic rings. The number of halogens is 2. The summed E-state index contributed by atoms with van der Waals surface area (Å²) in [4.78, 5) is 2.65. The third kappa shape index (κ3) is 3.30. The van der Waals surface area contributed by atoms with Gasteiger partial charge in [-0.05, 0) is 36.5 Å². The number of ether oxygens (including phenoxy) is 2. The molecule has 0 unspecified atom stereocenters. The van der Waals surface area contributed by atoms with E-state index in [4.69, 9.17) is 9.47 Å². The van der Waals surface area contributed by atoms with E-state index in [0.717, 1.165) is 43.6 Å².